The van der Waals surface area contributed by atoms with Crippen molar-refractivity contribution in [3.63, 3.8) is 0 Å². The Morgan fingerprint density at radius 1 is 1.27 bits per heavy atom. The summed E-state index contributed by atoms with van der Waals surface area (Å²) in [6.45, 7) is 7.08. The van der Waals surface area contributed by atoms with Crippen LogP contribution in [0.5, 0.6) is 0 Å². The lowest BCUT2D eigenvalue weighted by molar-refractivity contribution is -0.117. The first kappa shape index (κ1) is 17.3. The lowest BCUT2D eigenvalue weighted by Gasteiger charge is -2.31. The van der Waals surface area contributed by atoms with Crippen molar-refractivity contribution < 1.29 is 4.79 Å². The smallest absolute Gasteiger partial charge is 0.226 e. The maximum atomic E-state index is 12.3. The van der Waals surface area contributed by atoms with Gasteiger partial charge < -0.3 is 10.2 Å². The highest BCUT2D eigenvalue weighted by Crippen LogP contribution is 2.37. The Kier molecular flexibility index (Phi) is 4.56. The number of aryl methyl sites for hydroxylation is 3. The van der Waals surface area contributed by atoms with Crippen molar-refractivity contribution in [3.05, 3.63) is 29.2 Å². The van der Waals surface area contributed by atoms with Crippen molar-refractivity contribution in [3.8, 4) is 0 Å². The molecule has 140 valence electrons. The third-order valence-electron chi connectivity index (χ3n) is 5.78. The average Bonchev–Trinajstić information content (AvgIpc) is 3.16. The molecule has 0 aliphatic carbocycles. The van der Waals surface area contributed by atoms with Crippen molar-refractivity contribution in [1.29, 1.82) is 0 Å². The maximum Gasteiger partial charge on any atom is 0.226 e. The summed E-state index contributed by atoms with van der Waals surface area (Å²) in [7, 11) is 2.16. The number of nitrogens with one attached hydrogen (secondary N) is 1. The maximum absolute atomic E-state index is 12.3. The van der Waals surface area contributed by atoms with Crippen LogP contribution in [0.2, 0.25) is 0 Å². The third-order valence-corrected chi connectivity index (χ3v) is 5.78. The Bertz CT molecular complexity index is 799. The second kappa shape index (κ2) is 6.87. The van der Waals surface area contributed by atoms with Crippen LogP contribution in [-0.4, -0.2) is 50.5 Å². The molecule has 1 N–H and O–H groups in total. The van der Waals surface area contributed by atoms with E-state index in [0.29, 0.717) is 12.5 Å². The fourth-order valence-corrected chi connectivity index (χ4v) is 4.27. The first-order chi connectivity index (χ1) is 12.5. The molecule has 0 spiro atoms. The Morgan fingerprint density at radius 2 is 2.04 bits per heavy atom. The topological polar surface area (TPSA) is 68.0 Å². The molecule has 1 fully saturated rings. The molecule has 0 bridgehead atoms. The van der Waals surface area contributed by atoms with Crippen LogP contribution in [0.3, 0.4) is 0 Å². The summed E-state index contributed by atoms with van der Waals surface area (Å²) in [6.07, 6.45) is 5.57. The van der Waals surface area contributed by atoms with Crippen molar-refractivity contribution in [2.75, 3.05) is 25.5 Å². The number of aromatic nitrogens is 4. The third kappa shape index (κ3) is 3.28. The van der Waals surface area contributed by atoms with Gasteiger partial charge in [-0.25, -0.2) is 4.68 Å². The second-order valence-electron chi connectivity index (χ2n) is 7.82. The van der Waals surface area contributed by atoms with E-state index < -0.39 is 0 Å². The van der Waals surface area contributed by atoms with E-state index in [2.05, 4.69) is 45.1 Å². The monoisotopic (exact) mass is 356 g/mol. The van der Waals surface area contributed by atoms with Gasteiger partial charge in [0.25, 0.3) is 0 Å². The van der Waals surface area contributed by atoms with E-state index in [9.17, 15) is 4.79 Å². The van der Waals surface area contributed by atoms with Crippen LogP contribution in [-0.2, 0) is 11.3 Å². The van der Waals surface area contributed by atoms with Gasteiger partial charge in [0.05, 0.1) is 17.9 Å². The number of hydrogen-bond acceptors (Lipinski definition) is 4. The van der Waals surface area contributed by atoms with Gasteiger partial charge in [-0.15, -0.1) is 0 Å². The minimum Gasteiger partial charge on any atom is -0.311 e. The molecule has 0 aromatic carbocycles. The van der Waals surface area contributed by atoms with Gasteiger partial charge in [0.2, 0.25) is 5.91 Å². The van der Waals surface area contributed by atoms with Gasteiger partial charge in [-0.3, -0.25) is 9.48 Å². The number of anilines is 1. The van der Waals surface area contributed by atoms with Crippen LogP contribution >= 0.6 is 0 Å². The van der Waals surface area contributed by atoms with E-state index in [1.54, 1.807) is 0 Å². The summed E-state index contributed by atoms with van der Waals surface area (Å²) in [5.41, 5.74) is 3.40. The zero-order valence-corrected chi connectivity index (χ0v) is 15.9. The molecule has 1 saturated heterocycles. The van der Waals surface area contributed by atoms with E-state index in [0.717, 1.165) is 50.4 Å². The minimum atomic E-state index is 0.102. The Morgan fingerprint density at radius 3 is 2.73 bits per heavy atom. The first-order valence-electron chi connectivity index (χ1n) is 9.58. The number of piperidine rings is 1. The number of nitrogens with zero attached hydrogens (tertiary/aromatic N) is 5. The highest BCUT2D eigenvalue weighted by molar-refractivity contribution is 5.93. The number of amides is 1. The summed E-state index contributed by atoms with van der Waals surface area (Å²) >= 11 is 0. The van der Waals surface area contributed by atoms with Crippen molar-refractivity contribution in [2.45, 2.75) is 58.0 Å². The molecule has 2 aliphatic heterocycles. The van der Waals surface area contributed by atoms with E-state index in [1.165, 1.54) is 11.3 Å². The zero-order valence-electron chi connectivity index (χ0n) is 15.9. The lowest BCUT2D eigenvalue weighted by Crippen LogP contribution is -2.33. The van der Waals surface area contributed by atoms with E-state index in [1.807, 2.05) is 17.8 Å². The van der Waals surface area contributed by atoms with Crippen molar-refractivity contribution in [1.82, 2.24) is 24.5 Å². The molecule has 0 unspecified atom stereocenters. The summed E-state index contributed by atoms with van der Waals surface area (Å²) in [4.78, 5) is 14.7. The van der Waals surface area contributed by atoms with Gasteiger partial charge in [-0.2, -0.15) is 10.2 Å². The van der Waals surface area contributed by atoms with Crippen LogP contribution in [0.25, 0.3) is 0 Å². The summed E-state index contributed by atoms with van der Waals surface area (Å²) < 4.78 is 4.11. The van der Waals surface area contributed by atoms with Crippen molar-refractivity contribution in [2.24, 2.45) is 0 Å². The van der Waals surface area contributed by atoms with Crippen LogP contribution < -0.4 is 5.32 Å². The molecule has 2 aromatic rings. The Hall–Kier alpha value is -2.15. The van der Waals surface area contributed by atoms with Gasteiger partial charge in [-0.05, 0) is 65.2 Å². The SMILES string of the molecule is Cc1cc(C)n(CC[C@H]2CC(=O)Nc3c2cnn3C2CCN(C)CC2)n1. The minimum absolute atomic E-state index is 0.102. The Labute approximate surface area is 154 Å². The lowest BCUT2D eigenvalue weighted by atomic mass is 9.91. The van der Waals surface area contributed by atoms with E-state index in [-0.39, 0.29) is 11.8 Å². The quantitative estimate of drug-likeness (QED) is 0.914. The van der Waals surface area contributed by atoms with Crippen LogP contribution in [0.1, 0.15) is 54.6 Å². The van der Waals surface area contributed by atoms with Crippen LogP contribution in [0, 0.1) is 13.8 Å². The molecule has 1 amide bonds. The van der Waals surface area contributed by atoms with Gasteiger partial charge in [0, 0.05) is 24.2 Å². The highest BCUT2D eigenvalue weighted by atomic mass is 16.1. The molecular weight excluding hydrogens is 328 g/mol. The van der Waals surface area contributed by atoms with Gasteiger partial charge >= 0.3 is 0 Å². The predicted octanol–water partition coefficient (Wildman–Crippen LogP) is 2.48. The molecule has 2 aromatic heterocycles. The Balaban J connectivity index is 1.52. The fourth-order valence-electron chi connectivity index (χ4n) is 4.27. The molecule has 26 heavy (non-hydrogen) atoms. The van der Waals surface area contributed by atoms with Gasteiger partial charge in [0.15, 0.2) is 0 Å². The van der Waals surface area contributed by atoms with Crippen LogP contribution in [0.15, 0.2) is 12.3 Å². The zero-order chi connectivity index (χ0) is 18.3. The number of fused-ring (bicyclic) bond motifs is 1. The molecule has 1 atom stereocenters. The number of hydrogen-bond donors (Lipinski definition) is 1. The molecule has 2 aliphatic rings. The summed E-state index contributed by atoms with van der Waals surface area (Å²) in [6, 6.07) is 2.47. The largest absolute Gasteiger partial charge is 0.311 e. The van der Waals surface area contributed by atoms with E-state index in [4.69, 9.17) is 0 Å². The second-order valence-corrected chi connectivity index (χ2v) is 7.82. The van der Waals surface area contributed by atoms with Gasteiger partial charge in [-0.1, -0.05) is 0 Å². The molecule has 4 rings (SSSR count). The number of rotatable bonds is 4. The molecule has 7 heteroatoms. The standard InChI is InChI=1S/C19H28N6O/c1-13-10-14(2)24(22-13)9-4-15-11-18(26)21-19-17(15)12-20-25(19)16-5-7-23(3)8-6-16/h10,12,15-16H,4-9,11H2,1-3H3,(H,21,26)/t15-/m0/s1. The van der Waals surface area contributed by atoms with Crippen molar-refractivity contribution >= 4 is 11.7 Å². The fraction of sp³-hybridized carbons (Fsp3) is 0.632. The summed E-state index contributed by atoms with van der Waals surface area (Å²) in [5, 5.41) is 12.3. The molecule has 0 radical (unpaired) electrons. The molecule has 0 saturated carbocycles. The van der Waals surface area contributed by atoms with Gasteiger partial charge in [0.1, 0.15) is 5.82 Å². The summed E-state index contributed by atoms with van der Waals surface area (Å²) in [5.74, 6) is 1.24. The van der Waals surface area contributed by atoms with Crippen LogP contribution in [0.4, 0.5) is 5.82 Å². The number of likely N-dealkylation sites (tertiary alicyclic amines) is 1. The molecule has 4 heterocycles. The predicted molar refractivity (Wildman–Crippen MR) is 100 cm³/mol. The number of carbonyl (C=O) groups is 1. The normalized spacial score (nSPS) is 21.7. The highest BCUT2D eigenvalue weighted by Gasteiger charge is 2.31. The number of carbonyl (C=O) groups excluding carboxylic acids is 1. The molecular formula is C19H28N6O. The first-order valence-corrected chi connectivity index (χ1v) is 9.58. The molecule has 7 nitrogen and oxygen atoms in total. The van der Waals surface area contributed by atoms with E-state index >= 15 is 0 Å². The average molecular weight is 356 g/mol.